The van der Waals surface area contributed by atoms with Crippen LogP contribution >= 0.6 is 0 Å². The highest BCUT2D eigenvalue weighted by molar-refractivity contribution is 6.00. The van der Waals surface area contributed by atoms with Crippen molar-refractivity contribution in [3.8, 4) is 0 Å². The fraction of sp³-hybridized carbons (Fsp3) is 0.312. The van der Waals surface area contributed by atoms with Crippen LogP contribution in [0.5, 0.6) is 0 Å². The van der Waals surface area contributed by atoms with Crippen molar-refractivity contribution in [3.63, 3.8) is 0 Å². The van der Waals surface area contributed by atoms with Crippen LogP contribution in [0.4, 0.5) is 4.39 Å². The first-order valence-corrected chi connectivity index (χ1v) is 7.16. The monoisotopic (exact) mass is 318 g/mol. The summed E-state index contributed by atoms with van der Waals surface area (Å²) in [6, 6.07) is 4.74. The zero-order chi connectivity index (χ0) is 16.6. The molecule has 1 fully saturated rings. The first-order valence-electron chi connectivity index (χ1n) is 7.16. The lowest BCUT2D eigenvalue weighted by Gasteiger charge is -2.33. The molecule has 120 valence electrons. The van der Waals surface area contributed by atoms with Crippen LogP contribution in [0.1, 0.15) is 16.1 Å². The number of nitrogens with zero attached hydrogens (tertiary/aromatic N) is 2. The maximum absolute atomic E-state index is 13.3. The molecule has 2 aromatic rings. The predicted molar refractivity (Wildman–Crippen MR) is 79.7 cm³/mol. The number of carboxylic acids is 1. The molecule has 1 amide bonds. The SMILES string of the molecule is Cc1nc2cc(F)ccc2cc1C(=O)N1CCOC[C@@H]1C(=O)O. The van der Waals surface area contributed by atoms with Gasteiger partial charge in [-0.25, -0.2) is 9.18 Å². The molecule has 1 aromatic carbocycles. The summed E-state index contributed by atoms with van der Waals surface area (Å²) in [6.07, 6.45) is 0. The Labute approximate surface area is 131 Å². The van der Waals surface area contributed by atoms with E-state index in [1.807, 2.05) is 0 Å². The summed E-state index contributed by atoms with van der Waals surface area (Å²) in [4.78, 5) is 29.6. The number of aromatic nitrogens is 1. The van der Waals surface area contributed by atoms with Gasteiger partial charge in [0.05, 0.1) is 30.0 Å². The molecule has 23 heavy (non-hydrogen) atoms. The Bertz CT molecular complexity index is 793. The van der Waals surface area contributed by atoms with Crippen LogP contribution in [0.25, 0.3) is 10.9 Å². The van der Waals surface area contributed by atoms with Crippen molar-refractivity contribution in [2.75, 3.05) is 19.8 Å². The van der Waals surface area contributed by atoms with Gasteiger partial charge in [0.2, 0.25) is 0 Å². The molecule has 0 radical (unpaired) electrons. The van der Waals surface area contributed by atoms with Crippen molar-refractivity contribution in [3.05, 3.63) is 41.3 Å². The van der Waals surface area contributed by atoms with E-state index in [9.17, 15) is 19.1 Å². The number of morpholine rings is 1. The molecule has 0 bridgehead atoms. The van der Waals surface area contributed by atoms with Crippen LogP contribution in [-0.2, 0) is 9.53 Å². The van der Waals surface area contributed by atoms with E-state index >= 15 is 0 Å². The number of rotatable bonds is 2. The van der Waals surface area contributed by atoms with Crippen LogP contribution < -0.4 is 0 Å². The number of ether oxygens (including phenoxy) is 1. The minimum Gasteiger partial charge on any atom is -0.480 e. The second-order valence-electron chi connectivity index (χ2n) is 5.39. The van der Waals surface area contributed by atoms with E-state index in [0.29, 0.717) is 28.8 Å². The Kier molecular flexibility index (Phi) is 3.96. The maximum atomic E-state index is 13.3. The molecule has 2 heterocycles. The van der Waals surface area contributed by atoms with Gasteiger partial charge in [0.25, 0.3) is 5.91 Å². The van der Waals surface area contributed by atoms with Gasteiger partial charge in [0.1, 0.15) is 5.82 Å². The fourth-order valence-corrected chi connectivity index (χ4v) is 2.66. The minimum atomic E-state index is -1.11. The molecule has 0 spiro atoms. The van der Waals surface area contributed by atoms with Gasteiger partial charge >= 0.3 is 5.97 Å². The summed E-state index contributed by atoms with van der Waals surface area (Å²) in [5, 5.41) is 9.87. The van der Waals surface area contributed by atoms with Crippen molar-refractivity contribution in [1.82, 2.24) is 9.88 Å². The molecule has 0 aliphatic carbocycles. The molecule has 1 aliphatic heterocycles. The standard InChI is InChI=1S/C16H15FN2O4/c1-9-12(6-10-2-3-11(17)7-13(10)18-9)15(20)19-4-5-23-8-14(19)16(21)22/h2-3,6-7,14H,4-5,8H2,1H3,(H,21,22)/t14-/m1/s1. The zero-order valence-corrected chi connectivity index (χ0v) is 12.5. The van der Waals surface area contributed by atoms with Crippen molar-refractivity contribution < 1.29 is 23.8 Å². The summed E-state index contributed by atoms with van der Waals surface area (Å²) in [5.41, 5.74) is 1.21. The summed E-state index contributed by atoms with van der Waals surface area (Å²) in [5.74, 6) is -1.91. The third kappa shape index (κ3) is 2.87. The summed E-state index contributed by atoms with van der Waals surface area (Å²) >= 11 is 0. The van der Waals surface area contributed by atoms with Crippen LogP contribution in [0.3, 0.4) is 0 Å². The zero-order valence-electron chi connectivity index (χ0n) is 12.5. The molecule has 0 unspecified atom stereocenters. The highest BCUT2D eigenvalue weighted by Crippen LogP contribution is 2.21. The molecule has 3 rings (SSSR count). The van der Waals surface area contributed by atoms with E-state index < -0.39 is 23.7 Å². The molecule has 6 nitrogen and oxygen atoms in total. The summed E-state index contributed by atoms with van der Waals surface area (Å²) < 4.78 is 18.4. The lowest BCUT2D eigenvalue weighted by Crippen LogP contribution is -2.52. The maximum Gasteiger partial charge on any atom is 0.328 e. The number of fused-ring (bicyclic) bond motifs is 1. The predicted octanol–water partition coefficient (Wildman–Crippen LogP) is 1.61. The van der Waals surface area contributed by atoms with Crippen molar-refractivity contribution in [2.24, 2.45) is 0 Å². The van der Waals surface area contributed by atoms with Crippen molar-refractivity contribution in [2.45, 2.75) is 13.0 Å². The van der Waals surface area contributed by atoms with E-state index in [4.69, 9.17) is 4.74 Å². The third-order valence-electron chi connectivity index (χ3n) is 3.88. The number of pyridine rings is 1. The van der Waals surface area contributed by atoms with E-state index in [-0.39, 0.29) is 13.2 Å². The number of carboxylic acid groups (broad SMARTS) is 1. The summed E-state index contributed by atoms with van der Waals surface area (Å²) in [7, 11) is 0. The van der Waals surface area contributed by atoms with Crippen LogP contribution in [0.15, 0.2) is 24.3 Å². The van der Waals surface area contributed by atoms with Gasteiger partial charge in [0.15, 0.2) is 6.04 Å². The average Bonchev–Trinajstić information content (AvgIpc) is 2.53. The number of carbonyl (C=O) groups is 2. The number of benzene rings is 1. The molecule has 1 aromatic heterocycles. The Morgan fingerprint density at radius 1 is 1.39 bits per heavy atom. The molecule has 1 N–H and O–H groups in total. The number of aryl methyl sites for hydroxylation is 1. The highest BCUT2D eigenvalue weighted by Gasteiger charge is 2.34. The lowest BCUT2D eigenvalue weighted by molar-refractivity contribution is -0.147. The van der Waals surface area contributed by atoms with Crippen molar-refractivity contribution in [1.29, 1.82) is 0 Å². The number of aliphatic carboxylic acids is 1. The Balaban J connectivity index is 2.01. The molecular formula is C16H15FN2O4. The van der Waals surface area contributed by atoms with Gasteiger partial charge < -0.3 is 14.7 Å². The third-order valence-corrected chi connectivity index (χ3v) is 3.88. The largest absolute Gasteiger partial charge is 0.480 e. The number of amides is 1. The van der Waals surface area contributed by atoms with Crippen LogP contribution in [0.2, 0.25) is 0 Å². The molecular weight excluding hydrogens is 303 g/mol. The van der Waals surface area contributed by atoms with Gasteiger partial charge in [-0.2, -0.15) is 0 Å². The number of carbonyl (C=O) groups excluding carboxylic acids is 1. The van der Waals surface area contributed by atoms with Crippen LogP contribution in [0, 0.1) is 12.7 Å². The molecule has 1 aliphatic rings. The molecule has 7 heteroatoms. The van der Waals surface area contributed by atoms with E-state index in [0.717, 1.165) is 0 Å². The quantitative estimate of drug-likeness (QED) is 0.910. The smallest absolute Gasteiger partial charge is 0.328 e. The minimum absolute atomic E-state index is 0.0354. The van der Waals surface area contributed by atoms with Crippen LogP contribution in [-0.4, -0.2) is 52.7 Å². The van der Waals surface area contributed by atoms with Gasteiger partial charge in [0, 0.05) is 18.0 Å². The lowest BCUT2D eigenvalue weighted by atomic mass is 10.1. The van der Waals surface area contributed by atoms with Gasteiger partial charge in [-0.15, -0.1) is 0 Å². The number of halogens is 1. The molecule has 1 atom stereocenters. The Morgan fingerprint density at radius 2 is 2.17 bits per heavy atom. The fourth-order valence-electron chi connectivity index (χ4n) is 2.66. The normalized spacial score (nSPS) is 18.2. The van der Waals surface area contributed by atoms with Gasteiger partial charge in [-0.3, -0.25) is 9.78 Å². The van der Waals surface area contributed by atoms with Crippen molar-refractivity contribution >= 4 is 22.8 Å². The number of hydrogen-bond donors (Lipinski definition) is 1. The first kappa shape index (κ1) is 15.4. The average molecular weight is 318 g/mol. The van der Waals surface area contributed by atoms with Gasteiger partial charge in [-0.1, -0.05) is 0 Å². The Morgan fingerprint density at radius 3 is 2.91 bits per heavy atom. The number of hydrogen-bond acceptors (Lipinski definition) is 4. The van der Waals surface area contributed by atoms with Gasteiger partial charge in [-0.05, 0) is 25.1 Å². The second-order valence-corrected chi connectivity index (χ2v) is 5.39. The topological polar surface area (TPSA) is 79.7 Å². The van der Waals surface area contributed by atoms with E-state index in [1.54, 1.807) is 19.1 Å². The summed E-state index contributed by atoms with van der Waals surface area (Å²) in [6.45, 7) is 2.11. The highest BCUT2D eigenvalue weighted by atomic mass is 19.1. The molecule has 1 saturated heterocycles. The first-order chi connectivity index (χ1) is 11.0. The Hall–Kier alpha value is -2.54. The van der Waals surface area contributed by atoms with E-state index in [2.05, 4.69) is 4.98 Å². The van der Waals surface area contributed by atoms with E-state index in [1.165, 1.54) is 17.0 Å². The second kappa shape index (κ2) is 5.92. The molecule has 0 saturated carbocycles.